The lowest BCUT2D eigenvalue weighted by atomic mass is 9.94. The molecule has 0 aliphatic carbocycles. The highest BCUT2D eigenvalue weighted by molar-refractivity contribution is 5.81. The van der Waals surface area contributed by atoms with Gasteiger partial charge < -0.3 is 9.64 Å². The Bertz CT molecular complexity index is 1180. The van der Waals surface area contributed by atoms with Crippen LogP contribution in [0.4, 0.5) is 4.39 Å². The Balaban J connectivity index is 1.71. The molecular weight excluding hydrogens is 443 g/mol. The van der Waals surface area contributed by atoms with Gasteiger partial charge in [0, 0.05) is 43.6 Å². The fraction of sp³-hybridized carbons (Fsp3) is 0.429. The van der Waals surface area contributed by atoms with Crippen LogP contribution in [0.1, 0.15) is 50.2 Å². The van der Waals surface area contributed by atoms with Crippen LogP contribution in [0.15, 0.2) is 48.5 Å². The molecule has 0 fully saturated rings. The zero-order valence-electron chi connectivity index (χ0n) is 21.3. The summed E-state index contributed by atoms with van der Waals surface area (Å²) >= 11 is 0. The Kier molecular flexibility index (Phi) is 7.26. The standard InChI is InChI=1S/C28H35FN4O2/c1-6-32(27(34)28(2,3)4)19-23-22-18-31(17-20-11-13-21(29)14-12-20)16-15-24(22)33(30-23)25-9-7-8-10-26(25)35-5/h7-14H,6,15-19H2,1-5H3. The third kappa shape index (κ3) is 5.40. The minimum absolute atomic E-state index is 0.111. The second-order valence-corrected chi connectivity index (χ2v) is 10.1. The smallest absolute Gasteiger partial charge is 0.228 e. The summed E-state index contributed by atoms with van der Waals surface area (Å²) in [6, 6.07) is 14.6. The van der Waals surface area contributed by atoms with Crippen LogP contribution in [0.25, 0.3) is 5.69 Å². The van der Waals surface area contributed by atoms with Crippen LogP contribution in [0.5, 0.6) is 5.75 Å². The van der Waals surface area contributed by atoms with Crippen molar-refractivity contribution < 1.29 is 13.9 Å². The summed E-state index contributed by atoms with van der Waals surface area (Å²) in [6.07, 6.45) is 0.820. The van der Waals surface area contributed by atoms with E-state index in [0.717, 1.165) is 60.0 Å². The largest absolute Gasteiger partial charge is 0.494 e. The van der Waals surface area contributed by atoms with Gasteiger partial charge in [-0.1, -0.05) is 45.0 Å². The van der Waals surface area contributed by atoms with Crippen LogP contribution in [0.3, 0.4) is 0 Å². The van der Waals surface area contributed by atoms with Gasteiger partial charge in [0.2, 0.25) is 5.91 Å². The van der Waals surface area contributed by atoms with Crippen LogP contribution in [-0.2, 0) is 30.8 Å². The maximum atomic E-state index is 13.4. The first-order valence-electron chi connectivity index (χ1n) is 12.2. The highest BCUT2D eigenvalue weighted by Crippen LogP contribution is 2.31. The van der Waals surface area contributed by atoms with Gasteiger partial charge in [-0.15, -0.1) is 0 Å². The van der Waals surface area contributed by atoms with E-state index >= 15 is 0 Å². The monoisotopic (exact) mass is 478 g/mol. The molecule has 1 amide bonds. The number of amides is 1. The molecule has 0 atom stereocenters. The first-order valence-corrected chi connectivity index (χ1v) is 12.2. The minimum atomic E-state index is -0.462. The van der Waals surface area contributed by atoms with Gasteiger partial charge in [0.25, 0.3) is 0 Å². The Labute approximate surface area is 207 Å². The van der Waals surface area contributed by atoms with Crippen LogP contribution >= 0.6 is 0 Å². The average Bonchev–Trinajstić information content (AvgIpc) is 3.20. The van der Waals surface area contributed by atoms with Crippen molar-refractivity contribution in [2.45, 2.75) is 53.8 Å². The molecule has 1 aromatic heterocycles. The van der Waals surface area contributed by atoms with Gasteiger partial charge in [-0.2, -0.15) is 5.10 Å². The Morgan fingerprint density at radius 3 is 2.51 bits per heavy atom. The van der Waals surface area contributed by atoms with Crippen molar-refractivity contribution in [2.75, 3.05) is 20.2 Å². The third-order valence-electron chi connectivity index (χ3n) is 6.50. The minimum Gasteiger partial charge on any atom is -0.494 e. The number of aromatic nitrogens is 2. The molecular formula is C28H35FN4O2. The normalized spacial score (nSPS) is 14.0. The number of halogens is 1. The molecule has 6 nitrogen and oxygen atoms in total. The van der Waals surface area contributed by atoms with Gasteiger partial charge in [-0.25, -0.2) is 9.07 Å². The number of nitrogens with zero attached hydrogens (tertiary/aromatic N) is 4. The predicted octanol–water partition coefficient (Wildman–Crippen LogP) is 4.97. The van der Waals surface area contributed by atoms with Gasteiger partial charge in [-0.05, 0) is 36.8 Å². The molecule has 0 spiro atoms. The Hall–Kier alpha value is -3.19. The molecule has 1 aliphatic rings. The SMILES string of the molecule is CCN(Cc1nn(-c2ccccc2OC)c2c1CN(Cc1ccc(F)cc1)CC2)C(=O)C(C)(C)C. The number of carbonyl (C=O) groups is 1. The molecule has 7 heteroatoms. The van der Waals surface area contributed by atoms with Gasteiger partial charge in [0.15, 0.2) is 0 Å². The summed E-state index contributed by atoms with van der Waals surface area (Å²) in [5.74, 6) is 0.647. The van der Waals surface area contributed by atoms with E-state index in [2.05, 4.69) is 4.90 Å². The molecule has 2 aromatic carbocycles. The molecule has 0 saturated carbocycles. The second kappa shape index (κ2) is 10.2. The summed E-state index contributed by atoms with van der Waals surface area (Å²) in [6.45, 7) is 11.3. The molecule has 4 rings (SSSR count). The van der Waals surface area contributed by atoms with E-state index < -0.39 is 5.41 Å². The molecule has 3 aromatic rings. The van der Waals surface area contributed by atoms with Crippen molar-refractivity contribution >= 4 is 5.91 Å². The second-order valence-electron chi connectivity index (χ2n) is 10.1. The zero-order chi connectivity index (χ0) is 25.2. The number of ether oxygens (including phenoxy) is 1. The van der Waals surface area contributed by atoms with Crippen LogP contribution in [-0.4, -0.2) is 45.7 Å². The van der Waals surface area contributed by atoms with E-state index in [1.807, 2.05) is 73.7 Å². The van der Waals surface area contributed by atoms with E-state index in [9.17, 15) is 9.18 Å². The molecule has 2 heterocycles. The number of benzene rings is 2. The number of rotatable bonds is 7. The molecule has 1 aliphatic heterocycles. The lowest BCUT2D eigenvalue weighted by molar-refractivity contribution is -0.139. The maximum Gasteiger partial charge on any atom is 0.228 e. The van der Waals surface area contributed by atoms with Gasteiger partial charge in [0.1, 0.15) is 17.3 Å². The van der Waals surface area contributed by atoms with Crippen molar-refractivity contribution in [3.8, 4) is 11.4 Å². The summed E-state index contributed by atoms with van der Waals surface area (Å²) < 4.78 is 21.0. The number of hydrogen-bond donors (Lipinski definition) is 0. The van der Waals surface area contributed by atoms with Gasteiger partial charge in [0.05, 0.1) is 25.0 Å². The molecule has 0 unspecified atom stereocenters. The first kappa shape index (κ1) is 24.9. The summed E-state index contributed by atoms with van der Waals surface area (Å²) in [5, 5.41) is 5.04. The molecule has 0 radical (unpaired) electrons. The topological polar surface area (TPSA) is 50.6 Å². The van der Waals surface area contributed by atoms with Crippen molar-refractivity contribution in [1.82, 2.24) is 19.6 Å². The quantitative estimate of drug-likeness (QED) is 0.481. The number of hydrogen-bond acceptors (Lipinski definition) is 4. The van der Waals surface area contributed by atoms with E-state index in [0.29, 0.717) is 13.1 Å². The number of carbonyl (C=O) groups excluding carboxylic acids is 1. The maximum absolute atomic E-state index is 13.4. The number of fused-ring (bicyclic) bond motifs is 1. The molecule has 0 N–H and O–H groups in total. The lowest BCUT2D eigenvalue weighted by Gasteiger charge is -2.30. The molecule has 0 bridgehead atoms. The predicted molar refractivity (Wildman–Crippen MR) is 135 cm³/mol. The zero-order valence-corrected chi connectivity index (χ0v) is 21.3. The fourth-order valence-electron chi connectivity index (χ4n) is 4.64. The van der Waals surface area contributed by atoms with Crippen molar-refractivity contribution in [3.05, 3.63) is 76.9 Å². The Morgan fingerprint density at radius 2 is 1.86 bits per heavy atom. The Morgan fingerprint density at radius 1 is 1.14 bits per heavy atom. The lowest BCUT2D eigenvalue weighted by Crippen LogP contribution is -2.39. The molecule has 35 heavy (non-hydrogen) atoms. The van der Waals surface area contributed by atoms with E-state index in [4.69, 9.17) is 9.84 Å². The van der Waals surface area contributed by atoms with Crippen molar-refractivity contribution in [3.63, 3.8) is 0 Å². The summed E-state index contributed by atoms with van der Waals surface area (Å²) in [7, 11) is 1.67. The van der Waals surface area contributed by atoms with Crippen LogP contribution in [0, 0.1) is 11.2 Å². The highest BCUT2D eigenvalue weighted by atomic mass is 19.1. The van der Waals surface area contributed by atoms with Crippen LogP contribution < -0.4 is 4.74 Å². The number of para-hydroxylation sites is 2. The van der Waals surface area contributed by atoms with E-state index in [1.54, 1.807) is 7.11 Å². The van der Waals surface area contributed by atoms with Gasteiger partial charge >= 0.3 is 0 Å². The molecule has 186 valence electrons. The summed E-state index contributed by atoms with van der Waals surface area (Å²) in [4.78, 5) is 17.3. The number of methoxy groups -OCH3 is 1. The van der Waals surface area contributed by atoms with E-state index in [-0.39, 0.29) is 11.7 Å². The summed E-state index contributed by atoms with van der Waals surface area (Å²) in [5.41, 5.74) is 4.73. The highest BCUT2D eigenvalue weighted by Gasteiger charge is 2.31. The first-order chi connectivity index (χ1) is 16.7. The fourth-order valence-corrected chi connectivity index (χ4v) is 4.64. The van der Waals surface area contributed by atoms with Crippen molar-refractivity contribution in [1.29, 1.82) is 0 Å². The van der Waals surface area contributed by atoms with Crippen molar-refractivity contribution in [2.24, 2.45) is 5.41 Å². The average molecular weight is 479 g/mol. The third-order valence-corrected chi connectivity index (χ3v) is 6.50. The van der Waals surface area contributed by atoms with E-state index in [1.165, 1.54) is 12.1 Å². The van der Waals surface area contributed by atoms with Crippen LogP contribution in [0.2, 0.25) is 0 Å². The molecule has 0 saturated heterocycles. The van der Waals surface area contributed by atoms with Gasteiger partial charge in [-0.3, -0.25) is 9.69 Å².